The Morgan fingerprint density at radius 3 is 2.70 bits per heavy atom. The molecule has 0 N–H and O–H groups in total. The van der Waals surface area contributed by atoms with Crippen LogP contribution in [0.1, 0.15) is 38.1 Å². The van der Waals surface area contributed by atoms with Crippen molar-refractivity contribution in [3.05, 3.63) is 75.3 Å². The van der Waals surface area contributed by atoms with Gasteiger partial charge >= 0.3 is 0 Å². The Labute approximate surface area is 184 Å². The third-order valence-corrected chi connectivity index (χ3v) is 4.79. The van der Waals surface area contributed by atoms with Crippen molar-refractivity contribution in [2.24, 2.45) is 5.10 Å². The van der Waals surface area contributed by atoms with Gasteiger partial charge in [-0.2, -0.15) is 9.78 Å². The highest BCUT2D eigenvalue weighted by Gasteiger charge is 2.14. The Morgan fingerprint density at radius 1 is 1.20 bits per heavy atom. The van der Waals surface area contributed by atoms with E-state index in [1.54, 1.807) is 18.4 Å². The monoisotopic (exact) mass is 469 g/mol. The Morgan fingerprint density at radius 2 is 2.00 bits per heavy atom. The molecule has 0 fully saturated rings. The van der Waals surface area contributed by atoms with E-state index in [0.29, 0.717) is 41.4 Å². The average molecular weight is 470 g/mol. The lowest BCUT2D eigenvalue weighted by molar-refractivity contribution is 0.297. The molecule has 0 amide bonds. The Hall–Kier alpha value is -2.93. The molecule has 1 aromatic heterocycles. The summed E-state index contributed by atoms with van der Waals surface area (Å²) in [6, 6.07) is 11.0. The van der Waals surface area contributed by atoms with Gasteiger partial charge in [0.25, 0.3) is 5.56 Å². The first-order chi connectivity index (χ1) is 14.4. The number of halogens is 1. The lowest BCUT2D eigenvalue weighted by Crippen LogP contribution is -2.23. The molecule has 0 unspecified atom stereocenters. The zero-order valence-corrected chi connectivity index (χ0v) is 18.8. The molecule has 0 atom stereocenters. The molecule has 0 spiro atoms. The maximum atomic E-state index is 13.1. The zero-order valence-electron chi connectivity index (χ0n) is 17.3. The topological polar surface area (TPSA) is 65.7 Å². The SMILES string of the molecule is C=CCOc1ccc(C=Nn2c(C(C)C)nc3ccc(Br)cc3c2=O)cc1OCC. The van der Waals surface area contributed by atoms with Crippen molar-refractivity contribution in [2.75, 3.05) is 13.2 Å². The summed E-state index contributed by atoms with van der Waals surface area (Å²) in [5.41, 5.74) is 1.22. The fraction of sp³-hybridized carbons (Fsp3) is 0.261. The molecule has 0 saturated carbocycles. The number of rotatable bonds is 8. The van der Waals surface area contributed by atoms with E-state index in [4.69, 9.17) is 9.47 Å². The van der Waals surface area contributed by atoms with Crippen LogP contribution in [-0.4, -0.2) is 29.1 Å². The van der Waals surface area contributed by atoms with Crippen LogP contribution in [0.25, 0.3) is 10.9 Å². The second kappa shape index (κ2) is 9.71. The van der Waals surface area contributed by atoms with E-state index in [0.717, 1.165) is 10.0 Å². The molecule has 156 valence electrons. The standard InChI is InChI=1S/C23H24BrN3O3/c1-5-11-30-20-10-7-16(12-21(20)29-6-2)14-25-27-22(15(3)4)26-19-9-8-17(24)13-18(19)23(27)28/h5,7-10,12-15H,1,6,11H2,2-4H3. The highest BCUT2D eigenvalue weighted by molar-refractivity contribution is 9.10. The van der Waals surface area contributed by atoms with Crippen LogP contribution in [0.2, 0.25) is 0 Å². The molecule has 2 aromatic carbocycles. The molecule has 3 aromatic rings. The quantitative estimate of drug-likeness (QED) is 0.338. The summed E-state index contributed by atoms with van der Waals surface area (Å²) in [7, 11) is 0. The van der Waals surface area contributed by atoms with Crippen molar-refractivity contribution in [1.82, 2.24) is 9.66 Å². The molecule has 3 rings (SSSR count). The van der Waals surface area contributed by atoms with Crippen molar-refractivity contribution in [2.45, 2.75) is 26.7 Å². The van der Waals surface area contributed by atoms with Crippen molar-refractivity contribution >= 4 is 33.0 Å². The van der Waals surface area contributed by atoms with Crippen LogP contribution in [0, 0.1) is 0 Å². The number of nitrogens with zero attached hydrogens (tertiary/aromatic N) is 3. The van der Waals surface area contributed by atoms with Crippen LogP contribution < -0.4 is 15.0 Å². The molecule has 0 aliphatic rings. The van der Waals surface area contributed by atoms with Gasteiger partial charge in [-0.1, -0.05) is 42.4 Å². The van der Waals surface area contributed by atoms with Gasteiger partial charge in [-0.3, -0.25) is 4.79 Å². The number of hydrogen-bond acceptors (Lipinski definition) is 5. The summed E-state index contributed by atoms with van der Waals surface area (Å²) in [6.07, 6.45) is 3.30. The van der Waals surface area contributed by atoms with Gasteiger partial charge in [0.05, 0.1) is 23.7 Å². The van der Waals surface area contributed by atoms with Crippen LogP contribution in [0.4, 0.5) is 0 Å². The number of hydrogen-bond donors (Lipinski definition) is 0. The third-order valence-electron chi connectivity index (χ3n) is 4.30. The highest BCUT2D eigenvalue weighted by atomic mass is 79.9. The van der Waals surface area contributed by atoms with Gasteiger partial charge in [-0.05, 0) is 48.9 Å². The Kier molecular flexibility index (Phi) is 7.05. The minimum absolute atomic E-state index is 0.0246. The molecular formula is C23H24BrN3O3. The Balaban J connectivity index is 2.05. The van der Waals surface area contributed by atoms with E-state index in [1.165, 1.54) is 4.68 Å². The van der Waals surface area contributed by atoms with Gasteiger partial charge in [0.2, 0.25) is 0 Å². The van der Waals surface area contributed by atoms with E-state index >= 15 is 0 Å². The van der Waals surface area contributed by atoms with Crippen LogP contribution in [0.3, 0.4) is 0 Å². The normalized spacial score (nSPS) is 11.4. The van der Waals surface area contributed by atoms with Crippen molar-refractivity contribution in [1.29, 1.82) is 0 Å². The smallest absolute Gasteiger partial charge is 0.282 e. The molecule has 0 aliphatic carbocycles. The highest BCUT2D eigenvalue weighted by Crippen LogP contribution is 2.28. The molecule has 6 nitrogen and oxygen atoms in total. The zero-order chi connectivity index (χ0) is 21.7. The van der Waals surface area contributed by atoms with Crippen molar-refractivity contribution < 1.29 is 9.47 Å². The molecule has 30 heavy (non-hydrogen) atoms. The fourth-order valence-electron chi connectivity index (χ4n) is 2.92. The molecule has 0 aliphatic heterocycles. The summed E-state index contributed by atoms with van der Waals surface area (Å²) >= 11 is 3.42. The lowest BCUT2D eigenvalue weighted by Gasteiger charge is -2.13. The summed E-state index contributed by atoms with van der Waals surface area (Å²) in [4.78, 5) is 17.8. The van der Waals surface area contributed by atoms with Crippen LogP contribution in [0.5, 0.6) is 11.5 Å². The average Bonchev–Trinajstić information content (AvgIpc) is 2.72. The van der Waals surface area contributed by atoms with Gasteiger partial charge in [0.1, 0.15) is 12.4 Å². The van der Waals surface area contributed by atoms with E-state index in [9.17, 15) is 4.79 Å². The summed E-state index contributed by atoms with van der Waals surface area (Å²) in [6.45, 7) is 10.4. The van der Waals surface area contributed by atoms with Gasteiger partial charge in [0, 0.05) is 10.4 Å². The minimum atomic E-state index is -0.211. The van der Waals surface area contributed by atoms with Gasteiger partial charge in [-0.25, -0.2) is 4.98 Å². The largest absolute Gasteiger partial charge is 0.490 e. The molecule has 0 saturated heterocycles. The first-order valence-corrected chi connectivity index (χ1v) is 10.5. The van der Waals surface area contributed by atoms with Gasteiger partial charge in [0.15, 0.2) is 11.5 Å². The number of benzene rings is 2. The third kappa shape index (κ3) is 4.79. The summed E-state index contributed by atoms with van der Waals surface area (Å²) in [5.74, 6) is 1.87. The van der Waals surface area contributed by atoms with E-state index in [-0.39, 0.29) is 11.5 Å². The second-order valence-electron chi connectivity index (χ2n) is 6.89. The van der Waals surface area contributed by atoms with Crippen molar-refractivity contribution in [3.8, 4) is 11.5 Å². The number of aromatic nitrogens is 2. The number of ether oxygens (including phenoxy) is 2. The molecular weight excluding hydrogens is 446 g/mol. The first-order valence-electron chi connectivity index (χ1n) is 9.71. The fourth-order valence-corrected chi connectivity index (χ4v) is 3.28. The second-order valence-corrected chi connectivity index (χ2v) is 7.80. The number of fused-ring (bicyclic) bond motifs is 1. The summed E-state index contributed by atoms with van der Waals surface area (Å²) in [5, 5.41) is 4.97. The summed E-state index contributed by atoms with van der Waals surface area (Å²) < 4.78 is 13.5. The van der Waals surface area contributed by atoms with Crippen LogP contribution in [-0.2, 0) is 0 Å². The molecule has 0 bridgehead atoms. The van der Waals surface area contributed by atoms with Crippen molar-refractivity contribution in [3.63, 3.8) is 0 Å². The predicted molar refractivity (Wildman–Crippen MR) is 124 cm³/mol. The molecule has 7 heteroatoms. The minimum Gasteiger partial charge on any atom is -0.490 e. The predicted octanol–water partition coefficient (Wildman–Crippen LogP) is 5.13. The van der Waals surface area contributed by atoms with Crippen LogP contribution >= 0.6 is 15.9 Å². The van der Waals surface area contributed by atoms with E-state index in [1.807, 2.05) is 51.1 Å². The van der Waals surface area contributed by atoms with Gasteiger partial charge in [-0.15, -0.1) is 0 Å². The molecule has 1 heterocycles. The van der Waals surface area contributed by atoms with Gasteiger partial charge < -0.3 is 9.47 Å². The Bertz CT molecular complexity index is 1150. The lowest BCUT2D eigenvalue weighted by atomic mass is 10.2. The molecule has 0 radical (unpaired) electrons. The maximum absolute atomic E-state index is 13.1. The van der Waals surface area contributed by atoms with E-state index < -0.39 is 0 Å². The first kappa shape index (κ1) is 21.8. The van der Waals surface area contributed by atoms with E-state index in [2.05, 4.69) is 32.6 Å². The maximum Gasteiger partial charge on any atom is 0.282 e. The van der Waals surface area contributed by atoms with Crippen LogP contribution in [0.15, 0.2) is 63.4 Å².